The molecular weight excluding hydrogens is 372 g/mol. The van der Waals surface area contributed by atoms with Gasteiger partial charge in [-0.3, -0.25) is 0 Å². The molecule has 1 N–H and O–H groups in total. The number of sulfonamides is 1. The summed E-state index contributed by atoms with van der Waals surface area (Å²) in [6, 6.07) is 11.7. The van der Waals surface area contributed by atoms with Crippen molar-refractivity contribution in [2.75, 3.05) is 13.9 Å². The molecule has 9 heteroatoms. The van der Waals surface area contributed by atoms with Crippen LogP contribution in [0.5, 0.6) is 17.2 Å². The van der Waals surface area contributed by atoms with Crippen LogP contribution >= 0.6 is 0 Å². The first kappa shape index (κ1) is 17.4. The molecule has 0 spiro atoms. The van der Waals surface area contributed by atoms with Crippen molar-refractivity contribution in [3.8, 4) is 28.6 Å². The molecule has 1 aliphatic rings. The predicted octanol–water partition coefficient (Wildman–Crippen LogP) is 2.56. The maximum Gasteiger partial charge on any atom is 0.244 e. The lowest BCUT2D eigenvalue weighted by molar-refractivity contribution is 0.174. The fourth-order valence-electron chi connectivity index (χ4n) is 2.71. The van der Waals surface area contributed by atoms with E-state index in [-0.39, 0.29) is 24.0 Å². The van der Waals surface area contributed by atoms with Crippen LogP contribution in [-0.2, 0) is 16.6 Å². The Hall–Kier alpha value is -3.04. The molecule has 4 rings (SSSR count). The molecule has 0 saturated heterocycles. The second-order valence-electron chi connectivity index (χ2n) is 5.75. The van der Waals surface area contributed by atoms with Crippen molar-refractivity contribution >= 4 is 10.0 Å². The molecule has 0 unspecified atom stereocenters. The molecule has 1 aliphatic heterocycles. The van der Waals surface area contributed by atoms with Crippen LogP contribution in [0.2, 0.25) is 0 Å². The zero-order valence-electron chi connectivity index (χ0n) is 14.3. The molecule has 8 nitrogen and oxygen atoms in total. The fourth-order valence-corrected chi connectivity index (χ4v) is 3.88. The maximum atomic E-state index is 12.7. The lowest BCUT2D eigenvalue weighted by Crippen LogP contribution is -2.23. The van der Waals surface area contributed by atoms with Gasteiger partial charge in [0.15, 0.2) is 17.3 Å². The van der Waals surface area contributed by atoms with Gasteiger partial charge in [0.05, 0.1) is 13.3 Å². The third kappa shape index (κ3) is 3.46. The first-order chi connectivity index (χ1) is 13.1. The minimum atomic E-state index is -3.79. The van der Waals surface area contributed by atoms with Gasteiger partial charge in [-0.1, -0.05) is 11.2 Å². The first-order valence-corrected chi connectivity index (χ1v) is 9.52. The average Bonchev–Trinajstić information content (AvgIpc) is 3.37. The third-order valence-electron chi connectivity index (χ3n) is 4.08. The van der Waals surface area contributed by atoms with Crippen LogP contribution in [0, 0.1) is 0 Å². The van der Waals surface area contributed by atoms with E-state index in [1.807, 2.05) is 0 Å². The highest BCUT2D eigenvalue weighted by molar-refractivity contribution is 7.89. The smallest absolute Gasteiger partial charge is 0.244 e. The molecule has 0 bridgehead atoms. The number of hydrogen-bond donors (Lipinski definition) is 1. The minimum absolute atomic E-state index is 0.0361. The van der Waals surface area contributed by atoms with E-state index in [1.165, 1.54) is 19.4 Å². The number of benzene rings is 2. The van der Waals surface area contributed by atoms with Crippen LogP contribution in [0.25, 0.3) is 11.3 Å². The van der Waals surface area contributed by atoms with E-state index in [9.17, 15) is 8.42 Å². The summed E-state index contributed by atoms with van der Waals surface area (Å²) in [5.41, 5.74) is 1.42. The number of methoxy groups -OCH3 is 1. The van der Waals surface area contributed by atoms with Crippen LogP contribution in [-0.4, -0.2) is 27.5 Å². The summed E-state index contributed by atoms with van der Waals surface area (Å²) in [5, 5.41) is 3.65. The third-order valence-corrected chi connectivity index (χ3v) is 5.52. The Morgan fingerprint density at radius 1 is 1.11 bits per heavy atom. The number of rotatable bonds is 6. The summed E-state index contributed by atoms with van der Waals surface area (Å²) >= 11 is 0. The van der Waals surface area contributed by atoms with Gasteiger partial charge >= 0.3 is 0 Å². The van der Waals surface area contributed by atoms with Crippen molar-refractivity contribution in [1.29, 1.82) is 0 Å². The first-order valence-electron chi connectivity index (χ1n) is 8.04. The number of hydrogen-bond acceptors (Lipinski definition) is 7. The molecule has 2 aromatic carbocycles. The molecular formula is C18H16N2O6S. The fraction of sp³-hybridized carbons (Fsp3) is 0.167. The summed E-state index contributed by atoms with van der Waals surface area (Å²) in [4.78, 5) is 0.0361. The second-order valence-corrected chi connectivity index (χ2v) is 7.49. The Kier molecular flexibility index (Phi) is 4.46. The highest BCUT2D eigenvalue weighted by Gasteiger charge is 2.21. The normalized spacial score (nSPS) is 12.9. The van der Waals surface area contributed by atoms with Gasteiger partial charge in [0.25, 0.3) is 0 Å². The molecule has 0 amide bonds. The largest absolute Gasteiger partial charge is 0.495 e. The summed E-state index contributed by atoms with van der Waals surface area (Å²) in [5.74, 6) is 1.97. The van der Waals surface area contributed by atoms with Gasteiger partial charge in [-0.05, 0) is 35.9 Å². The van der Waals surface area contributed by atoms with Crippen molar-refractivity contribution in [1.82, 2.24) is 9.88 Å². The van der Waals surface area contributed by atoms with Crippen molar-refractivity contribution in [3.05, 3.63) is 54.2 Å². The van der Waals surface area contributed by atoms with E-state index in [0.29, 0.717) is 22.8 Å². The van der Waals surface area contributed by atoms with Gasteiger partial charge in [0, 0.05) is 18.2 Å². The van der Waals surface area contributed by atoms with Crippen molar-refractivity contribution in [3.63, 3.8) is 0 Å². The Balaban J connectivity index is 1.56. The van der Waals surface area contributed by atoms with Crippen molar-refractivity contribution in [2.45, 2.75) is 11.4 Å². The summed E-state index contributed by atoms with van der Waals surface area (Å²) in [6.45, 7) is 0.269. The Morgan fingerprint density at radius 2 is 1.96 bits per heavy atom. The van der Waals surface area contributed by atoms with Gasteiger partial charge in [-0.15, -0.1) is 0 Å². The molecule has 140 valence electrons. The van der Waals surface area contributed by atoms with E-state index in [4.69, 9.17) is 18.7 Å². The quantitative estimate of drug-likeness (QED) is 0.693. The molecule has 3 aromatic rings. The Morgan fingerprint density at radius 3 is 2.74 bits per heavy atom. The highest BCUT2D eigenvalue weighted by Crippen LogP contribution is 2.33. The Labute approximate surface area is 155 Å². The van der Waals surface area contributed by atoms with Gasteiger partial charge in [0.1, 0.15) is 10.6 Å². The number of nitrogens with one attached hydrogen (secondary N) is 1. The minimum Gasteiger partial charge on any atom is -0.495 e. The molecule has 2 heterocycles. The van der Waals surface area contributed by atoms with E-state index >= 15 is 0 Å². The molecule has 27 heavy (non-hydrogen) atoms. The van der Waals surface area contributed by atoms with E-state index in [2.05, 4.69) is 9.88 Å². The molecule has 0 fully saturated rings. The van der Waals surface area contributed by atoms with Gasteiger partial charge in [-0.25, -0.2) is 13.1 Å². The average molecular weight is 388 g/mol. The van der Waals surface area contributed by atoms with E-state index in [0.717, 1.165) is 5.56 Å². The number of ether oxygens (including phenoxy) is 3. The van der Waals surface area contributed by atoms with Crippen LogP contribution in [0.15, 0.2) is 58.1 Å². The lowest BCUT2D eigenvalue weighted by Gasteiger charge is -2.12. The zero-order chi connectivity index (χ0) is 18.9. The van der Waals surface area contributed by atoms with Gasteiger partial charge in [0.2, 0.25) is 16.8 Å². The number of fused-ring (bicyclic) bond motifs is 1. The van der Waals surface area contributed by atoms with E-state index in [1.54, 1.807) is 36.4 Å². The lowest BCUT2D eigenvalue weighted by atomic mass is 10.1. The molecule has 0 aliphatic carbocycles. The second kappa shape index (κ2) is 6.93. The van der Waals surface area contributed by atoms with Crippen LogP contribution in [0.1, 0.15) is 5.56 Å². The highest BCUT2D eigenvalue weighted by atomic mass is 32.2. The molecule has 0 atom stereocenters. The topological polar surface area (TPSA) is 99.9 Å². The van der Waals surface area contributed by atoms with Crippen LogP contribution in [0.3, 0.4) is 0 Å². The zero-order valence-corrected chi connectivity index (χ0v) is 15.2. The van der Waals surface area contributed by atoms with Crippen molar-refractivity contribution < 1.29 is 27.2 Å². The SMILES string of the molecule is COc1cc(-c2ccno2)ccc1S(=O)(=O)NCc1ccc2c(c1)OCO2. The molecule has 0 radical (unpaired) electrons. The summed E-state index contributed by atoms with van der Waals surface area (Å²) < 4.78 is 49.0. The summed E-state index contributed by atoms with van der Waals surface area (Å²) in [6.07, 6.45) is 1.51. The van der Waals surface area contributed by atoms with E-state index < -0.39 is 10.0 Å². The van der Waals surface area contributed by atoms with Crippen molar-refractivity contribution in [2.24, 2.45) is 0 Å². The van der Waals surface area contributed by atoms with Crippen LogP contribution in [0.4, 0.5) is 0 Å². The summed E-state index contributed by atoms with van der Waals surface area (Å²) in [7, 11) is -2.38. The maximum absolute atomic E-state index is 12.7. The number of nitrogens with zero attached hydrogens (tertiary/aromatic N) is 1. The predicted molar refractivity (Wildman–Crippen MR) is 95.1 cm³/mol. The van der Waals surface area contributed by atoms with Gasteiger partial charge < -0.3 is 18.7 Å². The monoisotopic (exact) mass is 388 g/mol. The Bertz CT molecular complexity index is 1060. The number of aromatic nitrogens is 1. The standard InChI is InChI=1S/C18H16N2O6S/c1-23-17-9-13(14-6-7-19-26-14)3-5-18(17)27(21,22)20-10-12-2-4-15-16(8-12)25-11-24-15/h2-9,20H,10-11H2,1H3. The van der Waals surface area contributed by atoms with Crippen LogP contribution < -0.4 is 18.9 Å². The van der Waals surface area contributed by atoms with Gasteiger partial charge in [-0.2, -0.15) is 0 Å². The molecule has 1 aromatic heterocycles. The molecule has 0 saturated carbocycles.